The summed E-state index contributed by atoms with van der Waals surface area (Å²) in [6.45, 7) is 1.35. The van der Waals surface area contributed by atoms with Crippen molar-refractivity contribution in [3.05, 3.63) is 53.0 Å². The number of anilines is 3. The third kappa shape index (κ3) is 5.38. The number of methoxy groups -OCH3 is 2. The molecule has 4 rings (SSSR count). The van der Waals surface area contributed by atoms with Gasteiger partial charge in [-0.25, -0.2) is 9.97 Å². The Morgan fingerprint density at radius 1 is 1.08 bits per heavy atom. The molecule has 37 heavy (non-hydrogen) atoms. The molecule has 0 spiro atoms. The lowest BCUT2D eigenvalue weighted by Crippen LogP contribution is -2.28. The number of ether oxygens (including phenoxy) is 2. The van der Waals surface area contributed by atoms with E-state index in [-0.39, 0.29) is 11.6 Å². The van der Waals surface area contributed by atoms with Crippen LogP contribution in [0.15, 0.2) is 42.9 Å². The average molecular weight is 507 g/mol. The molecule has 0 amide bonds. The Bertz CT molecular complexity index is 1440. The maximum Gasteiger partial charge on any atom is 0.294 e. The molecule has 1 N–H and O–H groups in total. The fourth-order valence-corrected chi connectivity index (χ4v) is 4.03. The number of hydrogen-bond acceptors (Lipinski definition) is 10. The first-order valence-corrected chi connectivity index (χ1v) is 11.5. The largest absolute Gasteiger partial charge is 0.497 e. The molecular formula is C25H30N8O4. The van der Waals surface area contributed by atoms with Gasteiger partial charge in [0.25, 0.3) is 5.69 Å². The van der Waals surface area contributed by atoms with Crippen LogP contribution in [-0.4, -0.2) is 77.8 Å². The molecule has 12 heteroatoms. The smallest absolute Gasteiger partial charge is 0.294 e. The SMILES string of the molecule is COc1ccc2c(c1)c(-c1ncnc(Nc3cc([N+](=O)[O-])c(N(C)CCN(C)C)cc3OC)n1)cn2C. The van der Waals surface area contributed by atoms with Crippen molar-refractivity contribution in [3.8, 4) is 22.9 Å². The van der Waals surface area contributed by atoms with Crippen molar-refractivity contribution in [2.24, 2.45) is 7.05 Å². The first kappa shape index (κ1) is 25.6. The van der Waals surface area contributed by atoms with Gasteiger partial charge >= 0.3 is 0 Å². The predicted molar refractivity (Wildman–Crippen MR) is 143 cm³/mol. The Hall–Kier alpha value is -4.45. The van der Waals surface area contributed by atoms with Crippen LogP contribution in [0.5, 0.6) is 11.5 Å². The lowest BCUT2D eigenvalue weighted by molar-refractivity contribution is -0.384. The van der Waals surface area contributed by atoms with Gasteiger partial charge < -0.3 is 29.2 Å². The third-order valence-corrected chi connectivity index (χ3v) is 6.04. The minimum atomic E-state index is -0.408. The maximum atomic E-state index is 11.9. The van der Waals surface area contributed by atoms with Gasteiger partial charge in [-0.1, -0.05) is 0 Å². The van der Waals surface area contributed by atoms with Gasteiger partial charge in [0.05, 0.1) is 24.8 Å². The van der Waals surface area contributed by atoms with Crippen molar-refractivity contribution in [1.29, 1.82) is 0 Å². The number of aryl methyl sites for hydroxylation is 1. The molecule has 0 aliphatic carbocycles. The van der Waals surface area contributed by atoms with E-state index in [9.17, 15) is 10.1 Å². The molecule has 0 radical (unpaired) electrons. The minimum Gasteiger partial charge on any atom is -0.497 e. The zero-order chi connectivity index (χ0) is 26.7. The summed E-state index contributed by atoms with van der Waals surface area (Å²) >= 11 is 0. The number of hydrogen-bond donors (Lipinski definition) is 1. The molecule has 12 nitrogen and oxygen atoms in total. The fourth-order valence-electron chi connectivity index (χ4n) is 4.03. The lowest BCUT2D eigenvalue weighted by Gasteiger charge is -2.22. The summed E-state index contributed by atoms with van der Waals surface area (Å²) in [7, 11) is 10.8. The second-order valence-corrected chi connectivity index (χ2v) is 8.82. The normalized spacial score (nSPS) is 11.1. The van der Waals surface area contributed by atoms with Crippen molar-refractivity contribution >= 4 is 33.9 Å². The number of likely N-dealkylation sites (N-methyl/N-ethyl adjacent to an activating group) is 2. The molecule has 2 heterocycles. The van der Waals surface area contributed by atoms with Crippen molar-refractivity contribution in [2.75, 3.05) is 58.7 Å². The van der Waals surface area contributed by atoms with Crippen molar-refractivity contribution in [2.45, 2.75) is 0 Å². The number of benzene rings is 2. The molecule has 2 aromatic carbocycles. The van der Waals surface area contributed by atoms with Gasteiger partial charge in [-0.15, -0.1) is 0 Å². The zero-order valence-corrected chi connectivity index (χ0v) is 21.7. The molecule has 0 unspecified atom stereocenters. The van der Waals surface area contributed by atoms with Crippen LogP contribution < -0.4 is 19.7 Å². The van der Waals surface area contributed by atoms with E-state index in [2.05, 4.69) is 20.3 Å². The number of nitrogens with zero attached hydrogens (tertiary/aromatic N) is 7. The second-order valence-electron chi connectivity index (χ2n) is 8.82. The van der Waals surface area contributed by atoms with Gasteiger partial charge in [-0.3, -0.25) is 10.1 Å². The van der Waals surface area contributed by atoms with Crippen LogP contribution in [0.1, 0.15) is 0 Å². The van der Waals surface area contributed by atoms with E-state index in [1.54, 1.807) is 13.2 Å². The summed E-state index contributed by atoms with van der Waals surface area (Å²) in [4.78, 5) is 28.6. The zero-order valence-electron chi connectivity index (χ0n) is 21.7. The van der Waals surface area contributed by atoms with Crippen LogP contribution in [0.3, 0.4) is 0 Å². The highest BCUT2D eigenvalue weighted by atomic mass is 16.6. The van der Waals surface area contributed by atoms with E-state index in [4.69, 9.17) is 9.47 Å². The highest BCUT2D eigenvalue weighted by Gasteiger charge is 2.23. The summed E-state index contributed by atoms with van der Waals surface area (Å²) < 4.78 is 12.9. The fraction of sp³-hybridized carbons (Fsp3) is 0.320. The molecule has 0 fully saturated rings. The number of nitrogens with one attached hydrogen (secondary N) is 1. The predicted octanol–water partition coefficient (Wildman–Crippen LogP) is 3.70. The first-order chi connectivity index (χ1) is 17.7. The van der Waals surface area contributed by atoms with Gasteiger partial charge in [0.15, 0.2) is 5.82 Å². The number of nitro benzene ring substituents is 1. The molecule has 4 aromatic rings. The molecule has 0 aliphatic rings. The summed E-state index contributed by atoms with van der Waals surface area (Å²) in [5.41, 5.74) is 2.57. The second kappa shape index (κ2) is 10.7. The Kier molecular flexibility index (Phi) is 7.39. The Morgan fingerprint density at radius 3 is 2.54 bits per heavy atom. The minimum absolute atomic E-state index is 0.0556. The Balaban J connectivity index is 1.71. The highest BCUT2D eigenvalue weighted by Crippen LogP contribution is 2.39. The Labute approximate surface area is 214 Å². The van der Waals surface area contributed by atoms with Crippen molar-refractivity contribution < 1.29 is 14.4 Å². The lowest BCUT2D eigenvalue weighted by atomic mass is 10.1. The quantitative estimate of drug-likeness (QED) is 0.251. The molecule has 0 saturated carbocycles. The molecule has 194 valence electrons. The van der Waals surface area contributed by atoms with Crippen LogP contribution in [0.4, 0.5) is 23.0 Å². The summed E-state index contributed by atoms with van der Waals surface area (Å²) in [5.74, 6) is 1.82. The van der Waals surface area contributed by atoms with E-state index < -0.39 is 4.92 Å². The van der Waals surface area contributed by atoms with Gasteiger partial charge in [0, 0.05) is 62.0 Å². The number of fused-ring (bicyclic) bond motifs is 1. The molecule has 0 aliphatic heterocycles. The molecular weight excluding hydrogens is 476 g/mol. The summed E-state index contributed by atoms with van der Waals surface area (Å²) in [5, 5.41) is 15.9. The molecule has 2 aromatic heterocycles. The molecule has 0 atom stereocenters. The Morgan fingerprint density at radius 2 is 1.86 bits per heavy atom. The van der Waals surface area contributed by atoms with Crippen LogP contribution >= 0.6 is 0 Å². The van der Waals surface area contributed by atoms with Crippen LogP contribution in [0, 0.1) is 10.1 Å². The van der Waals surface area contributed by atoms with E-state index in [1.165, 1.54) is 19.5 Å². The van der Waals surface area contributed by atoms with Gasteiger partial charge in [0.1, 0.15) is 23.5 Å². The van der Waals surface area contributed by atoms with Crippen molar-refractivity contribution in [1.82, 2.24) is 24.4 Å². The van der Waals surface area contributed by atoms with E-state index in [0.29, 0.717) is 29.5 Å². The number of aromatic nitrogens is 4. The number of rotatable bonds is 10. The monoisotopic (exact) mass is 506 g/mol. The van der Waals surface area contributed by atoms with Gasteiger partial charge in [-0.2, -0.15) is 4.98 Å². The number of nitro groups is 1. The van der Waals surface area contributed by atoms with Crippen LogP contribution in [-0.2, 0) is 7.05 Å². The molecule has 0 bridgehead atoms. The molecule has 0 saturated heterocycles. The highest BCUT2D eigenvalue weighted by molar-refractivity contribution is 5.95. The summed E-state index contributed by atoms with van der Waals surface area (Å²) in [6, 6.07) is 8.88. The topological polar surface area (TPSA) is 124 Å². The van der Waals surface area contributed by atoms with Gasteiger partial charge in [-0.05, 0) is 32.3 Å². The maximum absolute atomic E-state index is 11.9. The van der Waals surface area contributed by atoms with Gasteiger partial charge in [0.2, 0.25) is 5.95 Å². The first-order valence-electron chi connectivity index (χ1n) is 11.5. The van der Waals surface area contributed by atoms with E-state index >= 15 is 0 Å². The van der Waals surface area contributed by atoms with Crippen molar-refractivity contribution in [3.63, 3.8) is 0 Å². The third-order valence-electron chi connectivity index (χ3n) is 6.04. The van der Waals surface area contributed by atoms with E-state index in [0.717, 1.165) is 28.8 Å². The summed E-state index contributed by atoms with van der Waals surface area (Å²) in [6.07, 6.45) is 3.33. The van der Waals surface area contributed by atoms with E-state index in [1.807, 2.05) is 67.0 Å². The standard InChI is InChI=1S/C25H30N8O4/c1-30(2)9-10-31(3)21-13-23(37-6)19(12-22(21)33(34)35)28-25-27-15-26-24(29-25)18-14-32(4)20-8-7-16(36-5)11-17(18)20/h7-8,11-15H,9-10H2,1-6H3,(H,26,27,28,29). The van der Waals surface area contributed by atoms with Crippen LogP contribution in [0.25, 0.3) is 22.3 Å². The van der Waals surface area contributed by atoms with Crippen LogP contribution in [0.2, 0.25) is 0 Å². The average Bonchev–Trinajstić information content (AvgIpc) is 3.22.